The summed E-state index contributed by atoms with van der Waals surface area (Å²) in [5.41, 5.74) is 7.27. The van der Waals surface area contributed by atoms with Crippen molar-refractivity contribution in [1.29, 1.82) is 0 Å². The molecule has 2 rings (SSSR count). The van der Waals surface area contributed by atoms with Crippen molar-refractivity contribution in [3.05, 3.63) is 23.9 Å². The molecule has 114 valence electrons. The number of nitrogens with two attached hydrogens (primary N) is 1. The van der Waals surface area contributed by atoms with Gasteiger partial charge < -0.3 is 10.6 Å². The van der Waals surface area contributed by atoms with Gasteiger partial charge in [0.15, 0.2) is 0 Å². The molecule has 4 nitrogen and oxygen atoms in total. The van der Waals surface area contributed by atoms with E-state index in [2.05, 4.69) is 47.8 Å². The minimum atomic E-state index is 0. The van der Waals surface area contributed by atoms with Crippen LogP contribution >= 0.6 is 12.4 Å². The molecule has 1 fully saturated rings. The van der Waals surface area contributed by atoms with Gasteiger partial charge in [0.2, 0.25) is 0 Å². The molecule has 2 atom stereocenters. The summed E-state index contributed by atoms with van der Waals surface area (Å²) in [6.07, 6.45) is 3.22. The fourth-order valence-corrected chi connectivity index (χ4v) is 2.59. The Morgan fingerprint density at radius 1 is 1.50 bits per heavy atom. The molecule has 0 aliphatic carbocycles. The van der Waals surface area contributed by atoms with E-state index < -0.39 is 0 Å². The highest BCUT2D eigenvalue weighted by molar-refractivity contribution is 5.85. The predicted octanol–water partition coefficient (Wildman–Crippen LogP) is 2.13. The summed E-state index contributed by atoms with van der Waals surface area (Å²) >= 11 is 0. The second-order valence-corrected chi connectivity index (χ2v) is 5.68. The molecule has 2 heterocycles. The van der Waals surface area contributed by atoms with E-state index in [0.717, 1.165) is 32.0 Å². The fourth-order valence-electron chi connectivity index (χ4n) is 2.59. The molecule has 1 aromatic rings. The summed E-state index contributed by atoms with van der Waals surface area (Å²) < 4.78 is 0. The second kappa shape index (κ2) is 7.81. The van der Waals surface area contributed by atoms with Gasteiger partial charge in [0.25, 0.3) is 0 Å². The number of hydrogen-bond acceptors (Lipinski definition) is 4. The normalized spacial score (nSPS) is 20.5. The van der Waals surface area contributed by atoms with Crippen LogP contribution in [0.5, 0.6) is 0 Å². The van der Waals surface area contributed by atoms with E-state index in [0.29, 0.717) is 12.0 Å². The van der Waals surface area contributed by atoms with Gasteiger partial charge in [-0.1, -0.05) is 6.07 Å². The van der Waals surface area contributed by atoms with E-state index in [9.17, 15) is 0 Å². The lowest BCUT2D eigenvalue weighted by atomic mass is 10.0. The third kappa shape index (κ3) is 4.33. The first-order valence-electron chi connectivity index (χ1n) is 7.24. The number of rotatable bonds is 5. The Kier molecular flexibility index (Phi) is 6.72. The molecule has 20 heavy (non-hydrogen) atoms. The quantitative estimate of drug-likeness (QED) is 0.904. The monoisotopic (exact) mass is 298 g/mol. The van der Waals surface area contributed by atoms with Crippen molar-refractivity contribution >= 4 is 18.2 Å². The van der Waals surface area contributed by atoms with Crippen molar-refractivity contribution in [3.8, 4) is 0 Å². The van der Waals surface area contributed by atoms with Crippen LogP contribution in [0, 0.1) is 5.92 Å². The molecule has 0 spiro atoms. The Labute approximate surface area is 128 Å². The molecular formula is C15H27ClN4. The van der Waals surface area contributed by atoms with Crippen LogP contribution in [-0.2, 0) is 6.54 Å². The highest BCUT2D eigenvalue weighted by Crippen LogP contribution is 2.21. The summed E-state index contributed by atoms with van der Waals surface area (Å²) in [5.74, 6) is 1.69. The highest BCUT2D eigenvalue weighted by Gasteiger charge is 2.24. The summed E-state index contributed by atoms with van der Waals surface area (Å²) in [7, 11) is 2.07. The van der Waals surface area contributed by atoms with Gasteiger partial charge in [-0.25, -0.2) is 4.98 Å². The topological polar surface area (TPSA) is 45.4 Å². The summed E-state index contributed by atoms with van der Waals surface area (Å²) in [4.78, 5) is 9.15. The van der Waals surface area contributed by atoms with Gasteiger partial charge in [0.05, 0.1) is 0 Å². The largest absolute Gasteiger partial charge is 0.360 e. The molecule has 1 aliphatic rings. The Hall–Kier alpha value is -0.840. The number of halogens is 1. The zero-order valence-electron chi connectivity index (χ0n) is 12.7. The SMILES string of the molecule is CCN(C)c1ccc(CN2CCC(C(C)N)C2)cn1.Cl. The molecule has 0 saturated carbocycles. The van der Waals surface area contributed by atoms with Crippen molar-refractivity contribution in [2.24, 2.45) is 11.7 Å². The van der Waals surface area contributed by atoms with E-state index in [4.69, 9.17) is 5.73 Å². The standard InChI is InChI=1S/C15H26N4.ClH/c1-4-18(3)15-6-5-13(9-17-15)10-19-8-7-14(11-19)12(2)16;/h5-6,9,12,14H,4,7-8,10-11,16H2,1-3H3;1H. The maximum Gasteiger partial charge on any atom is 0.128 e. The number of hydrogen-bond donors (Lipinski definition) is 1. The first-order valence-corrected chi connectivity index (χ1v) is 7.24. The van der Waals surface area contributed by atoms with Gasteiger partial charge in [0.1, 0.15) is 5.82 Å². The van der Waals surface area contributed by atoms with Crippen LogP contribution in [0.2, 0.25) is 0 Å². The number of aromatic nitrogens is 1. The van der Waals surface area contributed by atoms with Gasteiger partial charge in [-0.2, -0.15) is 0 Å². The number of pyridine rings is 1. The smallest absolute Gasteiger partial charge is 0.128 e. The van der Waals surface area contributed by atoms with Crippen LogP contribution in [0.1, 0.15) is 25.8 Å². The maximum atomic E-state index is 5.98. The lowest BCUT2D eigenvalue weighted by Crippen LogP contribution is -2.29. The van der Waals surface area contributed by atoms with E-state index in [1.54, 1.807) is 0 Å². The minimum absolute atomic E-state index is 0. The molecule has 0 radical (unpaired) electrons. The van der Waals surface area contributed by atoms with E-state index in [1.807, 2.05) is 6.20 Å². The van der Waals surface area contributed by atoms with E-state index >= 15 is 0 Å². The summed E-state index contributed by atoms with van der Waals surface area (Å²) in [5, 5.41) is 0. The molecule has 5 heteroatoms. The van der Waals surface area contributed by atoms with Gasteiger partial charge in [-0.3, -0.25) is 4.90 Å². The Bertz CT molecular complexity index is 393. The second-order valence-electron chi connectivity index (χ2n) is 5.68. The molecular weight excluding hydrogens is 272 g/mol. The van der Waals surface area contributed by atoms with Gasteiger partial charge in [-0.15, -0.1) is 12.4 Å². The average Bonchev–Trinajstić information content (AvgIpc) is 2.87. The maximum absolute atomic E-state index is 5.98. The Balaban J connectivity index is 0.00000200. The Morgan fingerprint density at radius 2 is 2.25 bits per heavy atom. The van der Waals surface area contributed by atoms with Crippen molar-refractivity contribution in [2.75, 3.05) is 31.6 Å². The van der Waals surface area contributed by atoms with Crippen molar-refractivity contribution < 1.29 is 0 Å². The van der Waals surface area contributed by atoms with Gasteiger partial charge in [0, 0.05) is 38.9 Å². The predicted molar refractivity (Wildman–Crippen MR) is 87.5 cm³/mol. The molecule has 0 aromatic carbocycles. The fraction of sp³-hybridized carbons (Fsp3) is 0.667. The first kappa shape index (κ1) is 17.2. The molecule has 1 saturated heterocycles. The van der Waals surface area contributed by atoms with Gasteiger partial charge >= 0.3 is 0 Å². The number of likely N-dealkylation sites (tertiary alicyclic amines) is 1. The molecule has 1 aromatic heterocycles. The zero-order valence-corrected chi connectivity index (χ0v) is 13.6. The van der Waals surface area contributed by atoms with Gasteiger partial charge in [-0.05, 0) is 44.4 Å². The number of anilines is 1. The first-order chi connectivity index (χ1) is 9.10. The van der Waals surface area contributed by atoms with Crippen molar-refractivity contribution in [2.45, 2.75) is 32.9 Å². The average molecular weight is 299 g/mol. The van der Waals surface area contributed by atoms with Crippen LogP contribution < -0.4 is 10.6 Å². The summed E-state index contributed by atoms with van der Waals surface area (Å²) in [6.45, 7) is 8.50. The van der Waals surface area contributed by atoms with E-state index in [-0.39, 0.29) is 12.4 Å². The Morgan fingerprint density at radius 3 is 2.75 bits per heavy atom. The van der Waals surface area contributed by atoms with Crippen LogP contribution in [0.4, 0.5) is 5.82 Å². The van der Waals surface area contributed by atoms with Crippen molar-refractivity contribution in [1.82, 2.24) is 9.88 Å². The summed E-state index contributed by atoms with van der Waals surface area (Å²) in [6, 6.07) is 4.61. The minimum Gasteiger partial charge on any atom is -0.360 e. The van der Waals surface area contributed by atoms with Crippen LogP contribution in [0.3, 0.4) is 0 Å². The lowest BCUT2D eigenvalue weighted by molar-refractivity contribution is 0.308. The third-order valence-electron chi connectivity index (χ3n) is 4.13. The highest BCUT2D eigenvalue weighted by atomic mass is 35.5. The molecule has 1 aliphatic heterocycles. The molecule has 2 N–H and O–H groups in total. The number of nitrogens with zero attached hydrogens (tertiary/aromatic N) is 3. The van der Waals surface area contributed by atoms with Crippen LogP contribution in [0.15, 0.2) is 18.3 Å². The van der Waals surface area contributed by atoms with Crippen LogP contribution in [-0.4, -0.2) is 42.6 Å². The third-order valence-corrected chi connectivity index (χ3v) is 4.13. The zero-order chi connectivity index (χ0) is 13.8. The lowest BCUT2D eigenvalue weighted by Gasteiger charge is -2.19. The van der Waals surface area contributed by atoms with E-state index in [1.165, 1.54) is 12.0 Å². The molecule has 0 amide bonds. The molecule has 2 unspecified atom stereocenters. The molecule has 0 bridgehead atoms. The van der Waals surface area contributed by atoms with Crippen LogP contribution in [0.25, 0.3) is 0 Å². The van der Waals surface area contributed by atoms with Crippen molar-refractivity contribution in [3.63, 3.8) is 0 Å².